The summed E-state index contributed by atoms with van der Waals surface area (Å²) >= 11 is 0. The number of β-amino-alcohol motifs (C(OH)–C–C–N with tert-alkyl or cyclic N) is 1. The fraction of sp³-hybridized carbons (Fsp3) is 0.457. The van der Waals surface area contributed by atoms with Crippen molar-refractivity contribution in [3.05, 3.63) is 85.5 Å². The van der Waals surface area contributed by atoms with Gasteiger partial charge in [-0.3, -0.25) is 14.4 Å². The minimum absolute atomic E-state index is 0.0363. The van der Waals surface area contributed by atoms with E-state index in [1.54, 1.807) is 22.0 Å². The van der Waals surface area contributed by atoms with E-state index in [4.69, 9.17) is 9.47 Å². The smallest absolute Gasteiger partial charge is 0.248 e. The predicted octanol–water partition coefficient (Wildman–Crippen LogP) is 3.82. The second-order valence-electron chi connectivity index (χ2n) is 12.1. The molecule has 2 aromatic rings. The summed E-state index contributed by atoms with van der Waals surface area (Å²) in [4.78, 5) is 48.2. The van der Waals surface area contributed by atoms with Crippen LogP contribution in [0.1, 0.15) is 32.8 Å². The maximum absolute atomic E-state index is 14.6. The second kappa shape index (κ2) is 12.6. The van der Waals surface area contributed by atoms with Crippen LogP contribution in [0.25, 0.3) is 0 Å². The Labute approximate surface area is 259 Å². The van der Waals surface area contributed by atoms with Gasteiger partial charge in [-0.15, -0.1) is 13.2 Å². The summed E-state index contributed by atoms with van der Waals surface area (Å²) in [6.07, 6.45) is 3.76. The first kappa shape index (κ1) is 31.5. The molecule has 44 heavy (non-hydrogen) atoms. The topological polar surface area (TPSA) is 99.6 Å². The highest BCUT2D eigenvalue weighted by Gasteiger charge is 2.80. The predicted molar refractivity (Wildman–Crippen MR) is 168 cm³/mol. The third kappa shape index (κ3) is 5.12. The molecule has 0 aliphatic carbocycles. The Bertz CT molecular complexity index is 1400. The first-order valence-electron chi connectivity index (χ1n) is 15.4. The van der Waals surface area contributed by atoms with Gasteiger partial charge in [-0.1, -0.05) is 49.4 Å². The monoisotopic (exact) mass is 601 g/mol. The number of hydrogen-bond acceptors (Lipinski definition) is 6. The highest BCUT2D eigenvalue weighted by atomic mass is 16.5. The van der Waals surface area contributed by atoms with E-state index < -0.39 is 29.1 Å². The maximum Gasteiger partial charge on any atom is 0.248 e. The maximum atomic E-state index is 14.6. The molecule has 2 bridgehead atoms. The number of hydrogen-bond donors (Lipinski definition) is 1. The lowest BCUT2D eigenvalue weighted by Crippen LogP contribution is -2.57. The second-order valence-corrected chi connectivity index (χ2v) is 12.1. The van der Waals surface area contributed by atoms with E-state index in [-0.39, 0.29) is 49.9 Å². The first-order valence-corrected chi connectivity index (χ1v) is 15.4. The Kier molecular flexibility index (Phi) is 9.00. The molecule has 9 nitrogen and oxygen atoms in total. The largest absolute Gasteiger partial charge is 0.494 e. The van der Waals surface area contributed by atoms with Crippen molar-refractivity contribution < 1.29 is 29.0 Å². The van der Waals surface area contributed by atoms with Gasteiger partial charge >= 0.3 is 0 Å². The average molecular weight is 602 g/mol. The molecule has 3 fully saturated rings. The SMILES string of the molecule is C=CCN(Cc1ccccc1)C(=O)C1N(CCO)C(=O)[C@@H]2[C@@H](C(=O)N(CC=C)c3ccc(OCC)cc3)[C@]3(C)OC12CC3C. The number of aliphatic hydroxyl groups is 1. The number of anilines is 1. The van der Waals surface area contributed by atoms with Gasteiger partial charge in [-0.2, -0.15) is 0 Å². The van der Waals surface area contributed by atoms with Crippen molar-refractivity contribution in [1.29, 1.82) is 0 Å². The zero-order valence-corrected chi connectivity index (χ0v) is 25.9. The van der Waals surface area contributed by atoms with Gasteiger partial charge in [-0.05, 0) is 56.0 Å². The number of ether oxygens (including phenoxy) is 2. The fourth-order valence-corrected chi connectivity index (χ4v) is 7.62. The van der Waals surface area contributed by atoms with Gasteiger partial charge in [0, 0.05) is 31.9 Å². The molecule has 234 valence electrons. The van der Waals surface area contributed by atoms with E-state index >= 15 is 0 Å². The zero-order valence-electron chi connectivity index (χ0n) is 25.9. The quantitative estimate of drug-likeness (QED) is 0.351. The third-order valence-electron chi connectivity index (χ3n) is 9.57. The summed E-state index contributed by atoms with van der Waals surface area (Å²) in [7, 11) is 0. The number of aliphatic hydroxyl groups excluding tert-OH is 1. The van der Waals surface area contributed by atoms with E-state index in [2.05, 4.69) is 13.2 Å². The Morgan fingerprint density at radius 2 is 1.77 bits per heavy atom. The van der Waals surface area contributed by atoms with Gasteiger partial charge in [0.2, 0.25) is 17.7 Å². The van der Waals surface area contributed by atoms with Gasteiger partial charge in [0.15, 0.2) is 0 Å². The van der Waals surface area contributed by atoms with E-state index in [1.165, 1.54) is 4.90 Å². The number of fused-ring (bicyclic) bond motifs is 1. The number of rotatable bonds is 13. The van der Waals surface area contributed by atoms with Crippen molar-refractivity contribution in [2.75, 3.05) is 37.7 Å². The molecule has 9 heteroatoms. The zero-order chi connectivity index (χ0) is 31.6. The standard InChI is InChI=1S/C35H43N3O6/c1-6-18-36(23-25-12-10-9-11-13-25)33(42)30-35-22-24(4)34(5,44-35)28(29(35)32(41)38(30)20-21-39)31(40)37(19-7-2)26-14-16-27(17-15-26)43-8-3/h6-7,9-17,24,28-30,39H,1-2,8,18-23H2,3-5H3/t24?,28-,29-,30?,34+,35?/m0/s1. The molecule has 0 saturated carbocycles. The summed E-state index contributed by atoms with van der Waals surface area (Å²) in [5, 5.41) is 10.0. The molecule has 3 saturated heterocycles. The molecule has 3 unspecified atom stereocenters. The molecule has 6 atom stereocenters. The summed E-state index contributed by atoms with van der Waals surface area (Å²) in [5.74, 6) is -2.02. The molecule has 0 radical (unpaired) electrons. The molecule has 3 aliphatic rings. The molecule has 2 aromatic carbocycles. The summed E-state index contributed by atoms with van der Waals surface area (Å²) in [5.41, 5.74) is -0.603. The van der Waals surface area contributed by atoms with Gasteiger partial charge < -0.3 is 29.3 Å². The van der Waals surface area contributed by atoms with Gasteiger partial charge in [-0.25, -0.2) is 0 Å². The minimum atomic E-state index is -1.22. The molecule has 5 rings (SSSR count). The normalized spacial score (nSPS) is 28.5. The summed E-state index contributed by atoms with van der Waals surface area (Å²) in [6.45, 7) is 14.5. The van der Waals surface area contributed by atoms with E-state index in [0.29, 0.717) is 31.0 Å². The number of benzene rings is 2. The van der Waals surface area contributed by atoms with Crippen molar-refractivity contribution in [1.82, 2.24) is 9.80 Å². The number of nitrogens with zero attached hydrogens (tertiary/aromatic N) is 3. The van der Waals surface area contributed by atoms with Crippen LogP contribution >= 0.6 is 0 Å². The van der Waals surface area contributed by atoms with Crippen LogP contribution in [-0.4, -0.2) is 82.7 Å². The van der Waals surface area contributed by atoms with Crippen LogP contribution in [-0.2, 0) is 25.7 Å². The van der Waals surface area contributed by atoms with Crippen molar-refractivity contribution >= 4 is 23.4 Å². The lowest BCUT2D eigenvalue weighted by Gasteiger charge is -2.39. The Hall–Kier alpha value is -3.95. The van der Waals surface area contributed by atoms with E-state index in [0.717, 1.165) is 5.56 Å². The van der Waals surface area contributed by atoms with Crippen LogP contribution in [0.3, 0.4) is 0 Å². The highest BCUT2D eigenvalue weighted by molar-refractivity contribution is 6.03. The van der Waals surface area contributed by atoms with E-state index in [1.807, 2.05) is 75.4 Å². The molecule has 1 N–H and O–H groups in total. The van der Waals surface area contributed by atoms with Crippen LogP contribution < -0.4 is 9.64 Å². The third-order valence-corrected chi connectivity index (χ3v) is 9.57. The molecule has 3 aliphatic heterocycles. The Morgan fingerprint density at radius 1 is 1.09 bits per heavy atom. The number of likely N-dealkylation sites (tertiary alicyclic amines) is 1. The molecular formula is C35H43N3O6. The van der Waals surface area contributed by atoms with Crippen molar-refractivity contribution in [2.24, 2.45) is 17.8 Å². The average Bonchev–Trinajstić information content (AvgIpc) is 3.53. The van der Waals surface area contributed by atoms with Crippen LogP contribution in [0.15, 0.2) is 79.9 Å². The Balaban J connectivity index is 1.55. The van der Waals surface area contributed by atoms with Crippen molar-refractivity contribution in [3.8, 4) is 5.75 Å². The van der Waals surface area contributed by atoms with Crippen molar-refractivity contribution in [3.63, 3.8) is 0 Å². The van der Waals surface area contributed by atoms with Gasteiger partial charge in [0.1, 0.15) is 17.4 Å². The molecule has 3 heterocycles. The number of carbonyl (C=O) groups is 3. The lowest BCUT2D eigenvalue weighted by atomic mass is 9.62. The minimum Gasteiger partial charge on any atom is -0.494 e. The highest BCUT2D eigenvalue weighted by Crippen LogP contribution is 2.65. The molecular weight excluding hydrogens is 558 g/mol. The van der Waals surface area contributed by atoms with Crippen LogP contribution in [0, 0.1) is 17.8 Å². The Morgan fingerprint density at radius 3 is 2.39 bits per heavy atom. The van der Waals surface area contributed by atoms with Gasteiger partial charge in [0.05, 0.1) is 30.7 Å². The van der Waals surface area contributed by atoms with Crippen LogP contribution in [0.2, 0.25) is 0 Å². The van der Waals surface area contributed by atoms with Gasteiger partial charge in [0.25, 0.3) is 0 Å². The first-order chi connectivity index (χ1) is 21.2. The molecule has 0 aromatic heterocycles. The number of carbonyl (C=O) groups excluding carboxylic acids is 3. The van der Waals surface area contributed by atoms with Crippen LogP contribution in [0.5, 0.6) is 5.75 Å². The van der Waals surface area contributed by atoms with E-state index in [9.17, 15) is 19.5 Å². The summed E-state index contributed by atoms with van der Waals surface area (Å²) in [6, 6.07) is 15.9. The summed E-state index contributed by atoms with van der Waals surface area (Å²) < 4.78 is 12.5. The number of amides is 3. The fourth-order valence-electron chi connectivity index (χ4n) is 7.62. The molecule has 3 amide bonds. The van der Waals surface area contributed by atoms with Crippen molar-refractivity contribution in [2.45, 2.75) is 51.0 Å². The molecule has 1 spiro atoms. The van der Waals surface area contributed by atoms with Crippen LogP contribution in [0.4, 0.5) is 5.69 Å². The lowest BCUT2D eigenvalue weighted by molar-refractivity contribution is -0.152.